The summed E-state index contributed by atoms with van der Waals surface area (Å²) in [6, 6.07) is 4.24. The Bertz CT molecular complexity index is 657. The van der Waals surface area contributed by atoms with Crippen molar-refractivity contribution in [1.29, 1.82) is 0 Å². The summed E-state index contributed by atoms with van der Waals surface area (Å²) < 4.78 is 0. The van der Waals surface area contributed by atoms with Crippen LogP contribution in [-0.4, -0.2) is 77.5 Å². The minimum atomic E-state index is -0.669. The molecule has 2 atom stereocenters. The van der Waals surface area contributed by atoms with Gasteiger partial charge in [-0.1, -0.05) is 12.5 Å². The van der Waals surface area contributed by atoms with Crippen LogP contribution < -0.4 is 0 Å². The number of likely N-dealkylation sites (tertiary alicyclic amines) is 1. The zero-order valence-corrected chi connectivity index (χ0v) is 15.9. The van der Waals surface area contributed by atoms with E-state index >= 15 is 0 Å². The molecular weight excluding hydrogens is 350 g/mol. The molecule has 6 nitrogen and oxygen atoms in total. The van der Waals surface area contributed by atoms with Gasteiger partial charge in [-0.25, -0.2) is 0 Å². The maximum absolute atomic E-state index is 12.7. The van der Waals surface area contributed by atoms with Crippen LogP contribution in [0.15, 0.2) is 17.5 Å². The third kappa shape index (κ3) is 3.40. The molecule has 3 aliphatic rings. The first-order chi connectivity index (χ1) is 12.6. The summed E-state index contributed by atoms with van der Waals surface area (Å²) in [6.07, 6.45) is 2.75. The molecule has 1 aromatic heterocycles. The Kier molecular flexibility index (Phi) is 5.03. The average Bonchev–Trinajstić information content (AvgIpc) is 3.31. The molecule has 1 saturated carbocycles. The highest BCUT2D eigenvalue weighted by molar-refractivity contribution is 7.09. The van der Waals surface area contributed by atoms with Crippen LogP contribution in [0.1, 0.15) is 24.1 Å². The van der Waals surface area contributed by atoms with Gasteiger partial charge in [-0.3, -0.25) is 19.4 Å². The molecule has 2 aliphatic heterocycles. The lowest BCUT2D eigenvalue weighted by Gasteiger charge is -2.35. The van der Waals surface area contributed by atoms with Gasteiger partial charge in [-0.05, 0) is 30.2 Å². The quantitative estimate of drug-likeness (QED) is 0.844. The number of fused-ring (bicyclic) bond motifs is 1. The Morgan fingerprint density at radius 2 is 2.04 bits per heavy atom. The van der Waals surface area contributed by atoms with E-state index in [0.29, 0.717) is 13.1 Å². The summed E-state index contributed by atoms with van der Waals surface area (Å²) in [5, 5.41) is 11.8. The fraction of sp³-hybridized carbons (Fsp3) is 0.684. The van der Waals surface area contributed by atoms with Gasteiger partial charge in [0, 0.05) is 50.7 Å². The molecule has 1 aromatic rings. The molecule has 4 rings (SSSR count). The van der Waals surface area contributed by atoms with Crippen LogP contribution in [0.4, 0.5) is 0 Å². The van der Waals surface area contributed by atoms with Crippen molar-refractivity contribution in [2.45, 2.75) is 25.8 Å². The van der Waals surface area contributed by atoms with Gasteiger partial charge in [0.05, 0.1) is 12.0 Å². The minimum Gasteiger partial charge on any atom is -0.481 e. The van der Waals surface area contributed by atoms with Gasteiger partial charge in [-0.2, -0.15) is 0 Å². The number of carbonyl (C=O) groups excluding carboxylic acids is 1. The molecule has 0 unspecified atom stereocenters. The van der Waals surface area contributed by atoms with E-state index in [4.69, 9.17) is 0 Å². The van der Waals surface area contributed by atoms with Crippen molar-refractivity contribution in [3.05, 3.63) is 22.4 Å². The number of aliphatic carboxylic acids is 1. The monoisotopic (exact) mass is 377 g/mol. The van der Waals surface area contributed by atoms with Gasteiger partial charge >= 0.3 is 5.97 Å². The van der Waals surface area contributed by atoms with Gasteiger partial charge in [-0.15, -0.1) is 11.3 Å². The molecular formula is C19H27N3O3S. The fourth-order valence-corrected chi connectivity index (χ4v) is 5.68. The van der Waals surface area contributed by atoms with Gasteiger partial charge < -0.3 is 10.0 Å². The number of thiophene rings is 1. The fourth-order valence-electron chi connectivity index (χ4n) is 4.93. The van der Waals surface area contributed by atoms with Crippen molar-refractivity contribution in [1.82, 2.24) is 14.7 Å². The van der Waals surface area contributed by atoms with E-state index in [1.54, 1.807) is 11.3 Å². The van der Waals surface area contributed by atoms with Crippen LogP contribution in [0.3, 0.4) is 0 Å². The molecule has 1 aliphatic carbocycles. The number of hydrogen-bond acceptors (Lipinski definition) is 5. The molecule has 2 saturated heterocycles. The van der Waals surface area contributed by atoms with Crippen LogP contribution in [-0.2, 0) is 16.1 Å². The number of carboxylic acid groups (broad SMARTS) is 1. The number of amides is 1. The van der Waals surface area contributed by atoms with Gasteiger partial charge in [0.15, 0.2) is 0 Å². The maximum atomic E-state index is 12.7. The lowest BCUT2D eigenvalue weighted by Crippen LogP contribution is -2.50. The van der Waals surface area contributed by atoms with Crippen molar-refractivity contribution in [2.24, 2.45) is 11.3 Å². The zero-order valence-electron chi connectivity index (χ0n) is 15.1. The normalized spacial score (nSPS) is 29.8. The van der Waals surface area contributed by atoms with Crippen LogP contribution in [0.25, 0.3) is 0 Å². The van der Waals surface area contributed by atoms with E-state index in [1.165, 1.54) is 4.88 Å². The zero-order chi connectivity index (χ0) is 18.1. The molecule has 3 fully saturated rings. The first-order valence-electron chi connectivity index (χ1n) is 9.55. The van der Waals surface area contributed by atoms with E-state index < -0.39 is 11.4 Å². The van der Waals surface area contributed by atoms with Crippen LogP contribution >= 0.6 is 11.3 Å². The molecule has 1 amide bonds. The lowest BCUT2D eigenvalue weighted by molar-refractivity contribution is -0.149. The predicted molar refractivity (Wildman–Crippen MR) is 100 cm³/mol. The molecule has 26 heavy (non-hydrogen) atoms. The summed E-state index contributed by atoms with van der Waals surface area (Å²) >= 11 is 1.78. The van der Waals surface area contributed by atoms with E-state index in [9.17, 15) is 14.7 Å². The number of piperazine rings is 1. The lowest BCUT2D eigenvalue weighted by atomic mass is 9.81. The third-order valence-electron chi connectivity index (χ3n) is 6.41. The molecule has 0 aromatic carbocycles. The van der Waals surface area contributed by atoms with E-state index in [1.807, 2.05) is 4.90 Å². The van der Waals surface area contributed by atoms with Crippen molar-refractivity contribution < 1.29 is 14.7 Å². The van der Waals surface area contributed by atoms with Gasteiger partial charge in [0.25, 0.3) is 0 Å². The standard InChI is InChI=1S/C19H27N3O3S/c23-17(13-21-11-15-3-1-5-19(15,14-21)18(24)25)22-8-6-20(7-9-22)12-16-4-2-10-26-16/h2,4,10,15H,1,3,5-9,11-14H2,(H,24,25)/t15-,19+/m0/s1. The molecule has 142 valence electrons. The highest BCUT2D eigenvalue weighted by Crippen LogP contribution is 2.48. The molecule has 0 spiro atoms. The topological polar surface area (TPSA) is 64.1 Å². The van der Waals surface area contributed by atoms with Crippen molar-refractivity contribution >= 4 is 23.2 Å². The SMILES string of the molecule is O=C(CN1C[C@@H]2CCC[C@@]2(C(=O)O)C1)N1CCN(Cc2cccs2)CC1. The summed E-state index contributed by atoms with van der Waals surface area (Å²) in [6.45, 7) is 5.99. The second-order valence-electron chi connectivity index (χ2n) is 7.96. The van der Waals surface area contributed by atoms with Crippen molar-refractivity contribution in [2.75, 3.05) is 45.8 Å². The number of carbonyl (C=O) groups is 2. The Morgan fingerprint density at radius 3 is 2.69 bits per heavy atom. The molecule has 3 heterocycles. The Hall–Kier alpha value is -1.44. The number of nitrogens with zero attached hydrogens (tertiary/aromatic N) is 3. The van der Waals surface area contributed by atoms with Crippen LogP contribution in [0.2, 0.25) is 0 Å². The smallest absolute Gasteiger partial charge is 0.311 e. The maximum Gasteiger partial charge on any atom is 0.311 e. The predicted octanol–water partition coefficient (Wildman–Crippen LogP) is 1.58. The highest BCUT2D eigenvalue weighted by atomic mass is 32.1. The summed E-state index contributed by atoms with van der Waals surface area (Å²) in [4.78, 5) is 32.3. The van der Waals surface area contributed by atoms with Crippen molar-refractivity contribution in [3.63, 3.8) is 0 Å². The van der Waals surface area contributed by atoms with Crippen LogP contribution in [0.5, 0.6) is 0 Å². The molecule has 0 radical (unpaired) electrons. The first-order valence-corrected chi connectivity index (χ1v) is 10.4. The van der Waals surface area contributed by atoms with Crippen LogP contribution in [0, 0.1) is 11.3 Å². The Labute approximate surface area is 158 Å². The van der Waals surface area contributed by atoms with E-state index in [-0.39, 0.29) is 11.8 Å². The first kappa shape index (κ1) is 17.9. The highest BCUT2D eigenvalue weighted by Gasteiger charge is 2.54. The largest absolute Gasteiger partial charge is 0.481 e. The molecule has 7 heteroatoms. The van der Waals surface area contributed by atoms with E-state index in [0.717, 1.165) is 58.5 Å². The average molecular weight is 378 g/mol. The summed E-state index contributed by atoms with van der Waals surface area (Å²) in [7, 11) is 0. The number of carboxylic acids is 1. The second-order valence-corrected chi connectivity index (χ2v) is 8.99. The summed E-state index contributed by atoms with van der Waals surface area (Å²) in [5.41, 5.74) is -0.598. The molecule has 0 bridgehead atoms. The van der Waals surface area contributed by atoms with Gasteiger partial charge in [0.1, 0.15) is 0 Å². The van der Waals surface area contributed by atoms with Crippen molar-refractivity contribution in [3.8, 4) is 0 Å². The Morgan fingerprint density at radius 1 is 1.23 bits per heavy atom. The van der Waals surface area contributed by atoms with E-state index in [2.05, 4.69) is 27.3 Å². The third-order valence-corrected chi connectivity index (χ3v) is 7.27. The number of rotatable bonds is 5. The Balaban J connectivity index is 1.27. The van der Waals surface area contributed by atoms with Gasteiger partial charge in [0.2, 0.25) is 5.91 Å². The second kappa shape index (κ2) is 7.29. The molecule has 1 N–H and O–H groups in total. The minimum absolute atomic E-state index is 0.154. The number of hydrogen-bond donors (Lipinski definition) is 1. The summed E-state index contributed by atoms with van der Waals surface area (Å²) in [5.74, 6) is -0.297.